The quantitative estimate of drug-likeness (QED) is 0.561. The van der Waals surface area contributed by atoms with E-state index in [1.807, 2.05) is 13.8 Å². The summed E-state index contributed by atoms with van der Waals surface area (Å²) < 4.78 is 0. The van der Waals surface area contributed by atoms with Crippen molar-refractivity contribution in [3.05, 3.63) is 16.1 Å². The first kappa shape index (κ1) is 17.6. The minimum atomic E-state index is -0.784. The van der Waals surface area contributed by atoms with Crippen LogP contribution in [0.3, 0.4) is 0 Å². The van der Waals surface area contributed by atoms with Gasteiger partial charge in [-0.05, 0) is 33.2 Å². The summed E-state index contributed by atoms with van der Waals surface area (Å²) in [4.78, 5) is 30.3. The lowest BCUT2D eigenvalue weighted by molar-refractivity contribution is -0.126. The van der Waals surface area contributed by atoms with Gasteiger partial charge in [-0.3, -0.25) is 15.0 Å². The molecule has 0 bridgehead atoms. The van der Waals surface area contributed by atoms with E-state index >= 15 is 0 Å². The van der Waals surface area contributed by atoms with E-state index in [-0.39, 0.29) is 41.8 Å². The van der Waals surface area contributed by atoms with Crippen LogP contribution in [0.1, 0.15) is 30.5 Å². The predicted molar refractivity (Wildman–Crippen MR) is 95.3 cm³/mol. The Labute approximate surface area is 151 Å². The normalized spacial score (nSPS) is 28.9. The Kier molecular flexibility index (Phi) is 5.44. The van der Waals surface area contributed by atoms with Gasteiger partial charge in [-0.25, -0.2) is 9.78 Å². The fourth-order valence-corrected chi connectivity index (χ4v) is 3.83. The number of nitrogens with one attached hydrogen (secondary N) is 2. The summed E-state index contributed by atoms with van der Waals surface area (Å²) in [6, 6.07) is -0.380. The Morgan fingerprint density at radius 3 is 2.86 bits per heavy atom. The lowest BCUT2D eigenvalue weighted by Crippen LogP contribution is -2.55. The summed E-state index contributed by atoms with van der Waals surface area (Å²) in [6.45, 7) is 6.47. The number of imide groups is 1. The number of carbonyl (C=O) groups is 2. The summed E-state index contributed by atoms with van der Waals surface area (Å²) in [7, 11) is 0. The largest absolute Gasteiger partial charge is 0.323 e. The van der Waals surface area contributed by atoms with Gasteiger partial charge >= 0.3 is 6.03 Å². The van der Waals surface area contributed by atoms with Gasteiger partial charge in [0.25, 0.3) is 5.91 Å². The molecule has 2 saturated heterocycles. The van der Waals surface area contributed by atoms with Crippen LogP contribution in [0.15, 0.2) is 5.38 Å². The maximum absolute atomic E-state index is 12.1. The van der Waals surface area contributed by atoms with Crippen LogP contribution in [0.5, 0.6) is 0 Å². The molecule has 0 aromatic carbocycles. The van der Waals surface area contributed by atoms with E-state index in [4.69, 9.17) is 0 Å². The SMILES string of the molecule is Cc1nc(CN2CCCC(C3(C)NC(=O)NC3=O)C2)cs1.I. The lowest BCUT2D eigenvalue weighted by Gasteiger charge is -2.39. The van der Waals surface area contributed by atoms with Crippen LogP contribution in [0.25, 0.3) is 0 Å². The van der Waals surface area contributed by atoms with Gasteiger partial charge in [0.1, 0.15) is 5.54 Å². The first-order valence-electron chi connectivity index (χ1n) is 7.24. The van der Waals surface area contributed by atoms with E-state index in [9.17, 15) is 9.59 Å². The Morgan fingerprint density at radius 1 is 1.50 bits per heavy atom. The molecule has 3 rings (SSSR count). The number of hydrogen-bond acceptors (Lipinski definition) is 5. The van der Waals surface area contributed by atoms with Gasteiger partial charge in [0.05, 0.1) is 10.7 Å². The van der Waals surface area contributed by atoms with E-state index in [2.05, 4.69) is 25.9 Å². The summed E-state index contributed by atoms with van der Waals surface area (Å²) in [5.74, 6) is -0.0683. The van der Waals surface area contributed by atoms with Crippen LogP contribution in [0.4, 0.5) is 4.79 Å². The van der Waals surface area contributed by atoms with Crippen molar-refractivity contribution < 1.29 is 9.59 Å². The molecule has 6 nitrogen and oxygen atoms in total. The third kappa shape index (κ3) is 3.43. The molecule has 1 aromatic heterocycles. The Balaban J connectivity index is 0.00000176. The summed E-state index contributed by atoms with van der Waals surface area (Å²) in [6.07, 6.45) is 1.99. The standard InChI is InChI=1S/C14H20N4O2S.HI/c1-9-15-11(8-21-9)7-18-5-3-4-10(6-18)14(2)12(19)16-13(20)17-14;/h8,10H,3-7H2,1-2H3,(H2,16,17,19,20);1H. The number of hydrogen-bond donors (Lipinski definition) is 2. The van der Waals surface area contributed by atoms with Crippen LogP contribution in [-0.2, 0) is 11.3 Å². The number of aryl methyl sites for hydroxylation is 1. The van der Waals surface area contributed by atoms with Crippen molar-refractivity contribution >= 4 is 47.3 Å². The first-order chi connectivity index (χ1) is 9.97. The molecular formula is C14H21IN4O2S. The number of piperidine rings is 1. The maximum atomic E-state index is 12.1. The number of nitrogens with zero attached hydrogens (tertiary/aromatic N) is 2. The van der Waals surface area contributed by atoms with Crippen LogP contribution < -0.4 is 10.6 Å². The van der Waals surface area contributed by atoms with Gasteiger partial charge in [-0.15, -0.1) is 35.3 Å². The second-order valence-corrected chi connectivity index (χ2v) is 7.10. The Bertz CT molecular complexity index is 579. The molecule has 3 heterocycles. The molecule has 2 unspecified atom stereocenters. The molecule has 1 aromatic rings. The maximum Gasteiger partial charge on any atom is 0.322 e. The van der Waals surface area contributed by atoms with E-state index in [0.717, 1.165) is 43.2 Å². The number of rotatable bonds is 3. The highest BCUT2D eigenvalue weighted by atomic mass is 127. The molecule has 122 valence electrons. The minimum Gasteiger partial charge on any atom is -0.323 e. The van der Waals surface area contributed by atoms with E-state index in [1.165, 1.54) is 0 Å². The smallest absolute Gasteiger partial charge is 0.322 e. The topological polar surface area (TPSA) is 74.3 Å². The van der Waals surface area contributed by atoms with Crippen molar-refractivity contribution in [1.29, 1.82) is 0 Å². The first-order valence-corrected chi connectivity index (χ1v) is 8.12. The number of amides is 3. The molecule has 2 aliphatic rings. The van der Waals surface area contributed by atoms with Crippen molar-refractivity contribution in [2.45, 2.75) is 38.8 Å². The van der Waals surface area contributed by atoms with E-state index in [1.54, 1.807) is 11.3 Å². The highest BCUT2D eigenvalue weighted by molar-refractivity contribution is 14.0. The average Bonchev–Trinajstić information content (AvgIpc) is 2.94. The van der Waals surface area contributed by atoms with Crippen LogP contribution in [-0.4, -0.2) is 40.5 Å². The molecule has 2 aliphatic heterocycles. The van der Waals surface area contributed by atoms with Gasteiger partial charge in [0.15, 0.2) is 0 Å². The summed E-state index contributed by atoms with van der Waals surface area (Å²) in [5, 5.41) is 8.32. The zero-order valence-electron chi connectivity index (χ0n) is 12.7. The van der Waals surface area contributed by atoms with Crippen LogP contribution >= 0.6 is 35.3 Å². The second kappa shape index (κ2) is 6.79. The van der Waals surface area contributed by atoms with E-state index in [0.29, 0.717) is 0 Å². The molecule has 0 radical (unpaired) electrons. The average molecular weight is 436 g/mol. The summed E-state index contributed by atoms with van der Waals surface area (Å²) >= 11 is 1.66. The molecule has 2 atom stereocenters. The predicted octanol–water partition coefficient (Wildman–Crippen LogP) is 1.88. The number of urea groups is 1. The van der Waals surface area contributed by atoms with Gasteiger partial charge in [-0.1, -0.05) is 0 Å². The number of aromatic nitrogens is 1. The fourth-order valence-electron chi connectivity index (χ4n) is 3.22. The van der Waals surface area contributed by atoms with Gasteiger partial charge in [0.2, 0.25) is 0 Å². The third-order valence-corrected chi connectivity index (χ3v) is 5.27. The Hall–Kier alpha value is -0.740. The lowest BCUT2D eigenvalue weighted by atomic mass is 9.80. The number of carbonyl (C=O) groups excluding carboxylic acids is 2. The number of halogens is 1. The van der Waals surface area contributed by atoms with Crippen LogP contribution in [0.2, 0.25) is 0 Å². The Morgan fingerprint density at radius 2 is 2.27 bits per heavy atom. The highest BCUT2D eigenvalue weighted by Gasteiger charge is 2.48. The molecule has 0 aliphatic carbocycles. The van der Waals surface area contributed by atoms with Gasteiger partial charge in [0, 0.05) is 24.4 Å². The van der Waals surface area contributed by atoms with Crippen molar-refractivity contribution in [1.82, 2.24) is 20.5 Å². The molecule has 0 spiro atoms. The monoisotopic (exact) mass is 436 g/mol. The number of likely N-dealkylation sites (tertiary alicyclic amines) is 1. The fraction of sp³-hybridized carbons (Fsp3) is 0.643. The zero-order valence-corrected chi connectivity index (χ0v) is 15.9. The van der Waals surface area contributed by atoms with Crippen molar-refractivity contribution in [3.8, 4) is 0 Å². The minimum absolute atomic E-state index is 0. The van der Waals surface area contributed by atoms with Crippen molar-refractivity contribution in [2.24, 2.45) is 5.92 Å². The highest BCUT2D eigenvalue weighted by Crippen LogP contribution is 2.30. The van der Waals surface area contributed by atoms with Gasteiger partial charge < -0.3 is 5.32 Å². The van der Waals surface area contributed by atoms with Crippen molar-refractivity contribution in [2.75, 3.05) is 13.1 Å². The molecule has 3 amide bonds. The van der Waals surface area contributed by atoms with Crippen molar-refractivity contribution in [3.63, 3.8) is 0 Å². The summed E-state index contributed by atoms with van der Waals surface area (Å²) in [5.41, 5.74) is 0.302. The molecule has 8 heteroatoms. The molecule has 0 saturated carbocycles. The zero-order chi connectivity index (χ0) is 15.0. The molecule has 2 N–H and O–H groups in total. The third-order valence-electron chi connectivity index (χ3n) is 4.45. The molecular weight excluding hydrogens is 415 g/mol. The molecule has 2 fully saturated rings. The van der Waals surface area contributed by atoms with Gasteiger partial charge in [-0.2, -0.15) is 0 Å². The van der Waals surface area contributed by atoms with E-state index < -0.39 is 5.54 Å². The number of thiazole rings is 1. The second-order valence-electron chi connectivity index (χ2n) is 6.04. The molecule has 22 heavy (non-hydrogen) atoms. The van der Waals surface area contributed by atoms with Crippen LogP contribution in [0, 0.1) is 12.8 Å².